The van der Waals surface area contributed by atoms with E-state index in [-0.39, 0.29) is 12.3 Å². The molecular formula is C5H8N2O2. The Balaban J connectivity index is 3.39. The normalized spacial score (nSPS) is 8.00. The molecule has 0 rings (SSSR count). The second kappa shape index (κ2) is 3.65. The average Bonchev–Trinajstić information content (AvgIpc) is 1.83. The zero-order chi connectivity index (χ0) is 7.28. The molecule has 0 aliphatic carbocycles. The van der Waals surface area contributed by atoms with Gasteiger partial charge in [-0.3, -0.25) is 4.79 Å². The fourth-order valence-corrected chi connectivity index (χ4v) is 0.246. The van der Waals surface area contributed by atoms with Crippen LogP contribution < -0.4 is 11.1 Å². The van der Waals surface area contributed by atoms with Crippen molar-refractivity contribution < 1.29 is 9.59 Å². The van der Waals surface area contributed by atoms with Crippen molar-refractivity contribution in [1.29, 1.82) is 0 Å². The molecule has 2 amide bonds. The molecule has 4 heteroatoms. The summed E-state index contributed by atoms with van der Waals surface area (Å²) in [5, 5.41) is 2.11. The van der Waals surface area contributed by atoms with Crippen LogP contribution >= 0.6 is 0 Å². The Bertz CT molecular complexity index is 142. The smallest absolute Gasteiger partial charge is 0.312 e. The van der Waals surface area contributed by atoms with E-state index >= 15 is 0 Å². The highest BCUT2D eigenvalue weighted by atomic mass is 16.2. The van der Waals surface area contributed by atoms with Gasteiger partial charge in [0, 0.05) is 0 Å². The van der Waals surface area contributed by atoms with E-state index in [1.807, 2.05) is 0 Å². The Hall–Kier alpha value is -1.32. The molecule has 50 valence electrons. The maximum absolute atomic E-state index is 10.3. The van der Waals surface area contributed by atoms with Gasteiger partial charge in [-0.1, -0.05) is 6.58 Å². The van der Waals surface area contributed by atoms with Crippen LogP contribution in [0.15, 0.2) is 12.7 Å². The summed E-state index contributed by atoms with van der Waals surface area (Å²) < 4.78 is 0. The fraction of sp³-hybridized carbons (Fsp3) is 0.200. The van der Waals surface area contributed by atoms with Crippen LogP contribution in [0.25, 0.3) is 0 Å². The van der Waals surface area contributed by atoms with Crippen molar-refractivity contribution in [3.63, 3.8) is 0 Å². The van der Waals surface area contributed by atoms with Crippen LogP contribution in [0.4, 0.5) is 4.79 Å². The molecule has 0 spiro atoms. The van der Waals surface area contributed by atoms with Gasteiger partial charge < -0.3 is 11.1 Å². The Labute approximate surface area is 52.7 Å². The summed E-state index contributed by atoms with van der Waals surface area (Å²) in [5.41, 5.74) is 4.66. The lowest BCUT2D eigenvalue weighted by Gasteiger charge is -1.93. The van der Waals surface area contributed by atoms with Crippen molar-refractivity contribution in [2.24, 2.45) is 5.73 Å². The molecule has 0 aromatic heterocycles. The topological polar surface area (TPSA) is 72.2 Å². The second-order valence-electron chi connectivity index (χ2n) is 1.39. The Morgan fingerprint density at radius 1 is 1.67 bits per heavy atom. The van der Waals surface area contributed by atoms with Gasteiger partial charge in [-0.2, -0.15) is 0 Å². The summed E-state index contributed by atoms with van der Waals surface area (Å²) in [6, 6.07) is -0.704. The monoisotopic (exact) mass is 128 g/mol. The summed E-state index contributed by atoms with van der Waals surface area (Å²) in [5.74, 6) is -0.256. The maximum atomic E-state index is 10.3. The molecule has 4 nitrogen and oxygen atoms in total. The lowest BCUT2D eigenvalue weighted by atomic mass is 10.4. The van der Waals surface area contributed by atoms with Crippen LogP contribution in [0.1, 0.15) is 0 Å². The SMILES string of the molecule is C=CC(=O)CNC(N)=O. The first kappa shape index (κ1) is 7.68. The largest absolute Gasteiger partial charge is 0.352 e. The summed E-state index contributed by atoms with van der Waals surface area (Å²) >= 11 is 0. The molecule has 3 N–H and O–H groups in total. The Morgan fingerprint density at radius 2 is 2.22 bits per heavy atom. The van der Waals surface area contributed by atoms with Crippen molar-refractivity contribution in [3.8, 4) is 0 Å². The fourth-order valence-electron chi connectivity index (χ4n) is 0.246. The quantitative estimate of drug-likeness (QED) is 0.498. The summed E-state index contributed by atoms with van der Waals surface area (Å²) in [7, 11) is 0. The van der Waals surface area contributed by atoms with Gasteiger partial charge in [0.05, 0.1) is 6.54 Å². The third-order valence-corrected chi connectivity index (χ3v) is 0.665. The average molecular weight is 128 g/mol. The molecule has 9 heavy (non-hydrogen) atoms. The molecule has 0 aromatic carbocycles. The highest BCUT2D eigenvalue weighted by Crippen LogP contribution is 1.67. The molecule has 0 saturated carbocycles. The number of urea groups is 1. The van der Waals surface area contributed by atoms with E-state index in [2.05, 4.69) is 17.6 Å². The molecule has 0 radical (unpaired) electrons. The molecule has 0 unspecified atom stereocenters. The lowest BCUT2D eigenvalue weighted by Crippen LogP contribution is -2.33. The number of hydrogen-bond donors (Lipinski definition) is 2. The van der Waals surface area contributed by atoms with Crippen LogP contribution in [0.5, 0.6) is 0 Å². The lowest BCUT2D eigenvalue weighted by molar-refractivity contribution is -0.113. The number of carbonyl (C=O) groups is 2. The van der Waals surface area contributed by atoms with E-state index in [4.69, 9.17) is 0 Å². The van der Waals surface area contributed by atoms with Crippen LogP contribution in [0, 0.1) is 0 Å². The second-order valence-corrected chi connectivity index (χ2v) is 1.39. The third-order valence-electron chi connectivity index (χ3n) is 0.665. The van der Waals surface area contributed by atoms with E-state index in [0.717, 1.165) is 6.08 Å². The van der Waals surface area contributed by atoms with Gasteiger partial charge in [0.15, 0.2) is 5.78 Å². The first-order valence-electron chi connectivity index (χ1n) is 2.35. The van der Waals surface area contributed by atoms with Crippen LogP contribution in [0.3, 0.4) is 0 Å². The van der Waals surface area contributed by atoms with Crippen molar-refractivity contribution >= 4 is 11.8 Å². The predicted molar refractivity (Wildman–Crippen MR) is 32.8 cm³/mol. The molecule has 0 fully saturated rings. The number of amides is 2. The zero-order valence-corrected chi connectivity index (χ0v) is 4.89. The van der Waals surface area contributed by atoms with Gasteiger partial charge in [0.1, 0.15) is 0 Å². The van der Waals surface area contributed by atoms with Crippen molar-refractivity contribution in [3.05, 3.63) is 12.7 Å². The molecule has 0 atom stereocenters. The number of nitrogens with two attached hydrogens (primary N) is 1. The highest BCUT2D eigenvalue weighted by molar-refractivity contribution is 5.92. The van der Waals surface area contributed by atoms with Gasteiger partial charge in [-0.15, -0.1) is 0 Å². The van der Waals surface area contributed by atoms with Crippen molar-refractivity contribution in [2.45, 2.75) is 0 Å². The molecule has 0 aliphatic heterocycles. The van der Waals surface area contributed by atoms with E-state index in [1.165, 1.54) is 0 Å². The van der Waals surface area contributed by atoms with Crippen molar-refractivity contribution in [1.82, 2.24) is 5.32 Å². The maximum Gasteiger partial charge on any atom is 0.312 e. The molecular weight excluding hydrogens is 120 g/mol. The highest BCUT2D eigenvalue weighted by Gasteiger charge is 1.94. The minimum absolute atomic E-state index is 0.0706. The molecule has 0 bridgehead atoms. The predicted octanol–water partition coefficient (Wildman–Crippen LogP) is -0.590. The molecule has 0 saturated heterocycles. The third kappa shape index (κ3) is 4.53. The Morgan fingerprint density at radius 3 is 2.56 bits per heavy atom. The standard InChI is InChI=1S/C5H8N2O2/c1-2-4(8)3-7-5(6)9/h2H,1,3H2,(H3,6,7,9). The number of primary amides is 1. The van der Waals surface area contributed by atoms with E-state index in [9.17, 15) is 9.59 Å². The van der Waals surface area contributed by atoms with Gasteiger partial charge in [-0.25, -0.2) is 4.79 Å². The van der Waals surface area contributed by atoms with Crippen molar-refractivity contribution in [2.75, 3.05) is 6.54 Å². The number of rotatable bonds is 3. The number of hydrogen-bond acceptors (Lipinski definition) is 2. The van der Waals surface area contributed by atoms with Gasteiger partial charge >= 0.3 is 6.03 Å². The zero-order valence-electron chi connectivity index (χ0n) is 4.89. The minimum atomic E-state index is -0.704. The Kier molecular flexibility index (Phi) is 3.12. The number of carbonyl (C=O) groups excluding carboxylic acids is 2. The van der Waals surface area contributed by atoms with Crippen LogP contribution in [0.2, 0.25) is 0 Å². The van der Waals surface area contributed by atoms with E-state index in [1.54, 1.807) is 0 Å². The molecule has 0 aliphatic rings. The van der Waals surface area contributed by atoms with Gasteiger partial charge in [-0.05, 0) is 6.08 Å². The van der Waals surface area contributed by atoms with Gasteiger partial charge in [0.2, 0.25) is 0 Å². The molecule has 0 aromatic rings. The van der Waals surface area contributed by atoms with Crippen LogP contribution in [-0.4, -0.2) is 18.4 Å². The minimum Gasteiger partial charge on any atom is -0.352 e. The summed E-state index contributed by atoms with van der Waals surface area (Å²) in [6.07, 6.45) is 1.12. The number of nitrogens with one attached hydrogen (secondary N) is 1. The first-order valence-corrected chi connectivity index (χ1v) is 2.35. The summed E-state index contributed by atoms with van der Waals surface area (Å²) in [6.45, 7) is 3.13. The van der Waals surface area contributed by atoms with Crippen LogP contribution in [-0.2, 0) is 4.79 Å². The van der Waals surface area contributed by atoms with E-state index in [0.29, 0.717) is 0 Å². The van der Waals surface area contributed by atoms with Gasteiger partial charge in [0.25, 0.3) is 0 Å². The summed E-state index contributed by atoms with van der Waals surface area (Å²) in [4.78, 5) is 20.3. The first-order chi connectivity index (χ1) is 4.16. The molecule has 0 heterocycles. The van der Waals surface area contributed by atoms with E-state index < -0.39 is 6.03 Å². The number of ketones is 1.